The smallest absolute Gasteiger partial charge is 0.329 e. The minimum absolute atomic E-state index is 0.279. The first kappa shape index (κ1) is 13.5. The van der Waals surface area contributed by atoms with Crippen molar-refractivity contribution in [3.63, 3.8) is 0 Å². The number of aromatic nitrogens is 2. The second-order valence-corrected chi connectivity index (χ2v) is 4.64. The summed E-state index contributed by atoms with van der Waals surface area (Å²) in [6.07, 6.45) is 1.45. The van der Waals surface area contributed by atoms with Gasteiger partial charge in [-0.1, -0.05) is 0 Å². The Kier molecular flexibility index (Phi) is 3.84. The zero-order chi connectivity index (χ0) is 13.9. The van der Waals surface area contributed by atoms with Crippen molar-refractivity contribution in [2.24, 2.45) is 0 Å². The molecule has 1 N–H and O–H groups in total. The van der Waals surface area contributed by atoms with E-state index >= 15 is 0 Å². The molecule has 2 rings (SSSR count). The van der Waals surface area contributed by atoms with Crippen molar-refractivity contribution in [1.29, 1.82) is 0 Å². The minimum Gasteiger partial charge on any atom is -0.480 e. The maximum Gasteiger partial charge on any atom is 0.329 e. The number of aliphatic carboxylic acids is 1. The van der Waals surface area contributed by atoms with Gasteiger partial charge in [-0.15, -0.1) is 0 Å². The van der Waals surface area contributed by atoms with Gasteiger partial charge in [-0.2, -0.15) is 0 Å². The Balaban J connectivity index is 1.92. The summed E-state index contributed by atoms with van der Waals surface area (Å²) in [5, 5.41) is 8.60. The van der Waals surface area contributed by atoms with Gasteiger partial charge >= 0.3 is 5.97 Å². The molecule has 0 radical (unpaired) electrons. The lowest BCUT2D eigenvalue weighted by atomic mass is 9.96. The molecular formula is C12H17N3O4. The Morgan fingerprint density at radius 3 is 2.89 bits per heavy atom. The lowest BCUT2D eigenvalue weighted by Crippen LogP contribution is -2.62. The van der Waals surface area contributed by atoms with E-state index < -0.39 is 11.6 Å². The van der Waals surface area contributed by atoms with Crippen molar-refractivity contribution in [1.82, 2.24) is 9.97 Å². The minimum atomic E-state index is -0.958. The summed E-state index contributed by atoms with van der Waals surface area (Å²) in [5.41, 5.74) is -0.435. The summed E-state index contributed by atoms with van der Waals surface area (Å²) in [4.78, 5) is 20.6. The van der Waals surface area contributed by atoms with Gasteiger partial charge < -0.3 is 19.5 Å². The van der Waals surface area contributed by atoms with Gasteiger partial charge in [0.15, 0.2) is 0 Å². The number of hydrogen-bond acceptors (Lipinski definition) is 6. The van der Waals surface area contributed by atoms with Gasteiger partial charge in [-0.3, -0.25) is 0 Å². The number of ether oxygens (including phenoxy) is 2. The van der Waals surface area contributed by atoms with Crippen LogP contribution in [0.5, 0.6) is 5.88 Å². The molecular weight excluding hydrogens is 250 g/mol. The van der Waals surface area contributed by atoms with Crippen molar-refractivity contribution >= 4 is 11.8 Å². The SMILES string of the molecule is CCOc1cc(N2CC(C)(OCC(=O)O)C2)ncn1. The molecule has 0 aromatic carbocycles. The van der Waals surface area contributed by atoms with Crippen LogP contribution < -0.4 is 9.64 Å². The summed E-state index contributed by atoms with van der Waals surface area (Å²) in [6.45, 7) is 5.25. The molecule has 0 spiro atoms. The van der Waals surface area contributed by atoms with E-state index in [0.29, 0.717) is 25.6 Å². The summed E-state index contributed by atoms with van der Waals surface area (Å²) in [7, 11) is 0. The highest BCUT2D eigenvalue weighted by molar-refractivity contribution is 5.68. The van der Waals surface area contributed by atoms with Crippen LogP contribution in [-0.4, -0.2) is 52.9 Å². The highest BCUT2D eigenvalue weighted by Gasteiger charge is 2.41. The predicted molar refractivity (Wildman–Crippen MR) is 67.4 cm³/mol. The van der Waals surface area contributed by atoms with Crippen molar-refractivity contribution in [2.75, 3.05) is 31.2 Å². The first-order valence-electron chi connectivity index (χ1n) is 6.08. The number of carboxylic acid groups (broad SMARTS) is 1. The third-order valence-electron chi connectivity index (χ3n) is 2.84. The lowest BCUT2D eigenvalue weighted by molar-refractivity contribution is -0.150. The van der Waals surface area contributed by atoms with Crippen LogP contribution in [0.3, 0.4) is 0 Å². The largest absolute Gasteiger partial charge is 0.480 e. The summed E-state index contributed by atoms with van der Waals surface area (Å²) in [5.74, 6) is 0.336. The topological polar surface area (TPSA) is 84.8 Å². The van der Waals surface area contributed by atoms with Crippen LogP contribution in [0.2, 0.25) is 0 Å². The number of anilines is 1. The van der Waals surface area contributed by atoms with E-state index in [1.165, 1.54) is 6.33 Å². The van der Waals surface area contributed by atoms with Crippen LogP contribution in [-0.2, 0) is 9.53 Å². The van der Waals surface area contributed by atoms with Crippen molar-refractivity contribution in [3.8, 4) is 5.88 Å². The van der Waals surface area contributed by atoms with Gasteiger partial charge in [0.05, 0.1) is 6.61 Å². The monoisotopic (exact) mass is 267 g/mol. The Hall–Kier alpha value is -1.89. The Bertz CT molecular complexity index is 460. The fraction of sp³-hybridized carbons (Fsp3) is 0.583. The highest BCUT2D eigenvalue weighted by Crippen LogP contribution is 2.29. The second-order valence-electron chi connectivity index (χ2n) is 4.64. The highest BCUT2D eigenvalue weighted by atomic mass is 16.5. The van der Waals surface area contributed by atoms with E-state index in [1.807, 2.05) is 18.7 Å². The van der Waals surface area contributed by atoms with E-state index in [-0.39, 0.29) is 6.61 Å². The van der Waals surface area contributed by atoms with E-state index in [0.717, 1.165) is 5.82 Å². The summed E-state index contributed by atoms with van der Waals surface area (Å²) in [6, 6.07) is 1.76. The zero-order valence-corrected chi connectivity index (χ0v) is 11.0. The Morgan fingerprint density at radius 2 is 2.26 bits per heavy atom. The van der Waals surface area contributed by atoms with Gasteiger partial charge in [0, 0.05) is 19.2 Å². The molecule has 104 valence electrons. The molecule has 7 nitrogen and oxygen atoms in total. The molecule has 0 saturated carbocycles. The predicted octanol–water partition coefficient (Wildman–Crippen LogP) is 0.555. The quantitative estimate of drug-likeness (QED) is 0.805. The molecule has 1 aromatic rings. The van der Waals surface area contributed by atoms with Gasteiger partial charge in [0.25, 0.3) is 0 Å². The summed E-state index contributed by atoms with van der Waals surface area (Å²) >= 11 is 0. The third-order valence-corrected chi connectivity index (χ3v) is 2.84. The van der Waals surface area contributed by atoms with Gasteiger partial charge in [-0.05, 0) is 13.8 Å². The molecule has 1 aliphatic rings. The normalized spacial score (nSPS) is 16.8. The first-order valence-corrected chi connectivity index (χ1v) is 6.08. The fourth-order valence-electron chi connectivity index (χ4n) is 1.98. The van der Waals surface area contributed by atoms with Crippen molar-refractivity contribution in [3.05, 3.63) is 12.4 Å². The maximum absolute atomic E-state index is 10.5. The fourth-order valence-corrected chi connectivity index (χ4v) is 1.98. The van der Waals surface area contributed by atoms with Crippen LogP contribution in [0.4, 0.5) is 5.82 Å². The molecule has 2 heterocycles. The summed E-state index contributed by atoms with van der Waals surface area (Å²) < 4.78 is 10.6. The van der Waals surface area contributed by atoms with Crippen LogP contribution in [0.25, 0.3) is 0 Å². The second kappa shape index (κ2) is 5.40. The van der Waals surface area contributed by atoms with Crippen molar-refractivity contribution in [2.45, 2.75) is 19.4 Å². The zero-order valence-electron chi connectivity index (χ0n) is 11.0. The van der Waals surface area contributed by atoms with Gasteiger partial charge in [0.2, 0.25) is 5.88 Å². The molecule has 0 bridgehead atoms. The van der Waals surface area contributed by atoms with E-state index in [1.54, 1.807) is 6.07 Å². The number of carboxylic acids is 1. The molecule has 1 fully saturated rings. The Labute approximate surface area is 111 Å². The van der Waals surface area contributed by atoms with E-state index in [2.05, 4.69) is 9.97 Å². The van der Waals surface area contributed by atoms with E-state index in [4.69, 9.17) is 14.6 Å². The molecule has 1 saturated heterocycles. The number of nitrogens with zero attached hydrogens (tertiary/aromatic N) is 3. The maximum atomic E-state index is 10.5. The molecule has 7 heteroatoms. The molecule has 1 aromatic heterocycles. The lowest BCUT2D eigenvalue weighted by Gasteiger charge is -2.47. The van der Waals surface area contributed by atoms with Gasteiger partial charge in [-0.25, -0.2) is 14.8 Å². The average Bonchev–Trinajstić information content (AvgIpc) is 2.34. The molecule has 0 atom stereocenters. The van der Waals surface area contributed by atoms with Crippen LogP contribution in [0, 0.1) is 0 Å². The van der Waals surface area contributed by atoms with Crippen LogP contribution >= 0.6 is 0 Å². The Morgan fingerprint density at radius 1 is 1.53 bits per heavy atom. The molecule has 0 amide bonds. The van der Waals surface area contributed by atoms with Crippen LogP contribution in [0.15, 0.2) is 12.4 Å². The number of carbonyl (C=O) groups is 1. The third kappa shape index (κ3) is 3.31. The molecule has 19 heavy (non-hydrogen) atoms. The average molecular weight is 267 g/mol. The molecule has 1 aliphatic heterocycles. The standard InChI is InChI=1S/C12H17N3O4/c1-3-18-10-4-9(13-8-14-10)15-6-12(2,7-15)19-5-11(16)17/h4,8H,3,5-7H2,1-2H3,(H,16,17). The first-order chi connectivity index (χ1) is 9.02. The van der Waals surface area contributed by atoms with E-state index in [9.17, 15) is 4.79 Å². The number of hydrogen-bond donors (Lipinski definition) is 1. The number of rotatable bonds is 6. The molecule has 0 aliphatic carbocycles. The van der Waals surface area contributed by atoms with Crippen molar-refractivity contribution < 1.29 is 19.4 Å². The van der Waals surface area contributed by atoms with Gasteiger partial charge in [0.1, 0.15) is 24.4 Å². The van der Waals surface area contributed by atoms with Crippen LogP contribution in [0.1, 0.15) is 13.8 Å². The molecule has 0 unspecified atom stereocenters.